The third-order valence-electron chi connectivity index (χ3n) is 10.8. The van der Waals surface area contributed by atoms with Crippen LogP contribution in [0.1, 0.15) is 152 Å². The molecule has 0 unspecified atom stereocenters. The molecule has 1 aromatic rings. The van der Waals surface area contributed by atoms with Crippen LogP contribution in [0.15, 0.2) is 30.4 Å². The predicted octanol–water partition coefficient (Wildman–Crippen LogP) is 10.2. The van der Waals surface area contributed by atoms with Crippen LogP contribution < -0.4 is 5.32 Å². The summed E-state index contributed by atoms with van der Waals surface area (Å²) in [6, 6.07) is 6.35. The van der Waals surface area contributed by atoms with Gasteiger partial charge in [-0.15, -0.1) is 0 Å². The van der Waals surface area contributed by atoms with Crippen LogP contribution in [-0.4, -0.2) is 12.5 Å². The third-order valence-corrected chi connectivity index (χ3v) is 10.8. The minimum absolute atomic E-state index is 0.0134. The molecule has 0 saturated heterocycles. The lowest BCUT2D eigenvalue weighted by atomic mass is 9.68. The summed E-state index contributed by atoms with van der Waals surface area (Å²) in [5.74, 6) is 4.47. The number of halogens is 1. The molecule has 1 N–H and O–H groups in total. The van der Waals surface area contributed by atoms with Gasteiger partial charge in [-0.05, 0) is 137 Å². The molecule has 0 atom stereocenters. The molecular formula is C36H56FNO. The summed E-state index contributed by atoms with van der Waals surface area (Å²) < 4.78 is 15.4. The maximum atomic E-state index is 15.4. The van der Waals surface area contributed by atoms with E-state index in [4.69, 9.17) is 0 Å². The van der Waals surface area contributed by atoms with Crippen LogP contribution in [0.25, 0.3) is 0 Å². The van der Waals surface area contributed by atoms with E-state index < -0.39 is 0 Å². The number of unbranched alkanes of at least 4 members (excludes halogenated alkanes) is 2. The first-order valence-electron chi connectivity index (χ1n) is 16.7. The lowest BCUT2D eigenvalue weighted by molar-refractivity contribution is -0.117. The monoisotopic (exact) mass is 537 g/mol. The van der Waals surface area contributed by atoms with Gasteiger partial charge in [0.15, 0.2) is 0 Å². The number of hydrogen-bond acceptors (Lipinski definition) is 1. The molecule has 39 heavy (non-hydrogen) atoms. The third kappa shape index (κ3) is 8.92. The van der Waals surface area contributed by atoms with Crippen molar-refractivity contribution in [3.05, 3.63) is 47.3 Å². The summed E-state index contributed by atoms with van der Waals surface area (Å²) in [5.41, 5.74) is 2.84. The number of nitrogens with one attached hydrogen (secondary N) is 1. The highest BCUT2D eigenvalue weighted by Gasteiger charge is 2.32. The highest BCUT2D eigenvalue weighted by molar-refractivity contribution is 5.91. The van der Waals surface area contributed by atoms with Gasteiger partial charge < -0.3 is 5.32 Å². The second kappa shape index (κ2) is 15.4. The first-order valence-corrected chi connectivity index (χ1v) is 16.7. The summed E-state index contributed by atoms with van der Waals surface area (Å²) in [6.07, 6.45) is 23.2. The molecule has 1 amide bonds. The Labute approximate surface area is 239 Å². The van der Waals surface area contributed by atoms with Crippen LogP contribution in [0.4, 0.5) is 4.39 Å². The van der Waals surface area contributed by atoms with Gasteiger partial charge in [-0.25, -0.2) is 4.39 Å². The Morgan fingerprint density at radius 2 is 1.38 bits per heavy atom. The molecule has 0 spiro atoms. The van der Waals surface area contributed by atoms with E-state index in [1.54, 1.807) is 6.92 Å². The van der Waals surface area contributed by atoms with Crippen LogP contribution >= 0.6 is 0 Å². The Kier molecular flexibility index (Phi) is 12.0. The largest absolute Gasteiger partial charge is 0.352 e. The smallest absolute Gasteiger partial charge is 0.246 e. The van der Waals surface area contributed by atoms with E-state index >= 15 is 4.39 Å². The molecule has 3 saturated carbocycles. The standard InChI is InChI=1S/C36H56FNO/c1-4-5-6-8-27-12-16-31(17-13-27)33-22-23-34(35(37)25-33)32-20-18-30(19-21-32)29-14-10-28(11-15-29)9-7-24-38-36(39)26(2)3/h22-23,25,27-32H,2,4-21,24H2,1,3H3,(H,38,39). The second-order valence-corrected chi connectivity index (χ2v) is 13.6. The highest BCUT2D eigenvalue weighted by Crippen LogP contribution is 2.45. The van der Waals surface area contributed by atoms with Crippen molar-refractivity contribution >= 4 is 5.91 Å². The van der Waals surface area contributed by atoms with E-state index in [-0.39, 0.29) is 11.7 Å². The Hall–Kier alpha value is -1.64. The number of hydrogen-bond donors (Lipinski definition) is 1. The first-order chi connectivity index (χ1) is 18.9. The minimum Gasteiger partial charge on any atom is -0.352 e. The lowest BCUT2D eigenvalue weighted by Crippen LogP contribution is -2.27. The maximum Gasteiger partial charge on any atom is 0.246 e. The van der Waals surface area contributed by atoms with E-state index in [0.717, 1.165) is 55.0 Å². The van der Waals surface area contributed by atoms with Crippen molar-refractivity contribution in [3.8, 4) is 0 Å². The molecule has 3 aliphatic rings. The molecule has 0 aromatic heterocycles. The second-order valence-electron chi connectivity index (χ2n) is 13.6. The van der Waals surface area contributed by atoms with Gasteiger partial charge in [0.1, 0.15) is 5.82 Å². The van der Waals surface area contributed by atoms with Crippen molar-refractivity contribution in [1.29, 1.82) is 0 Å². The van der Waals surface area contributed by atoms with Gasteiger partial charge in [0.2, 0.25) is 5.91 Å². The number of benzene rings is 1. The molecule has 1 aromatic carbocycles. The van der Waals surface area contributed by atoms with Crippen LogP contribution in [-0.2, 0) is 4.79 Å². The van der Waals surface area contributed by atoms with Crippen molar-refractivity contribution in [3.63, 3.8) is 0 Å². The van der Waals surface area contributed by atoms with Crippen molar-refractivity contribution in [2.24, 2.45) is 23.7 Å². The summed E-state index contributed by atoms with van der Waals surface area (Å²) in [7, 11) is 0. The Balaban J connectivity index is 1.16. The van der Waals surface area contributed by atoms with Gasteiger partial charge in [0, 0.05) is 12.1 Å². The summed E-state index contributed by atoms with van der Waals surface area (Å²) in [6.45, 7) is 8.52. The van der Waals surface area contributed by atoms with Gasteiger partial charge in [-0.3, -0.25) is 4.79 Å². The molecule has 3 aliphatic carbocycles. The fourth-order valence-corrected chi connectivity index (χ4v) is 8.19. The van der Waals surface area contributed by atoms with E-state index in [2.05, 4.69) is 31.0 Å². The van der Waals surface area contributed by atoms with Crippen LogP contribution in [0, 0.1) is 29.5 Å². The molecule has 0 heterocycles. The van der Waals surface area contributed by atoms with Crippen molar-refractivity contribution in [2.75, 3.05) is 6.54 Å². The van der Waals surface area contributed by atoms with Gasteiger partial charge in [0.05, 0.1) is 0 Å². The normalized spacial score (nSPS) is 29.6. The topological polar surface area (TPSA) is 29.1 Å². The Morgan fingerprint density at radius 3 is 1.97 bits per heavy atom. The van der Waals surface area contributed by atoms with Crippen molar-refractivity contribution < 1.29 is 9.18 Å². The zero-order chi connectivity index (χ0) is 27.6. The quantitative estimate of drug-likeness (QED) is 0.208. The fraction of sp³-hybridized carbons (Fsp3) is 0.750. The molecule has 0 bridgehead atoms. The molecule has 0 radical (unpaired) electrons. The molecule has 3 fully saturated rings. The Bertz CT molecular complexity index is 901. The number of carbonyl (C=O) groups excluding carboxylic acids is 1. The average molecular weight is 538 g/mol. The van der Waals surface area contributed by atoms with Crippen molar-refractivity contribution in [2.45, 2.75) is 141 Å². The molecule has 2 nitrogen and oxygen atoms in total. The average Bonchev–Trinajstić information content (AvgIpc) is 2.96. The summed E-state index contributed by atoms with van der Waals surface area (Å²) in [5, 5.41) is 2.97. The predicted molar refractivity (Wildman–Crippen MR) is 162 cm³/mol. The van der Waals surface area contributed by atoms with Gasteiger partial charge in [0.25, 0.3) is 0 Å². The molecule has 0 aliphatic heterocycles. The SMILES string of the molecule is C=C(C)C(=O)NCCCC1CCC(C2CCC(c3ccc(C4CCC(CCCCC)CC4)cc3F)CC2)CC1. The fourth-order valence-electron chi connectivity index (χ4n) is 8.19. The van der Waals surface area contributed by atoms with Crippen LogP contribution in [0.3, 0.4) is 0 Å². The summed E-state index contributed by atoms with van der Waals surface area (Å²) >= 11 is 0. The number of rotatable bonds is 12. The molecule has 3 heteroatoms. The summed E-state index contributed by atoms with van der Waals surface area (Å²) in [4.78, 5) is 11.6. The zero-order valence-electron chi connectivity index (χ0n) is 25.1. The van der Waals surface area contributed by atoms with Crippen LogP contribution in [0.5, 0.6) is 0 Å². The number of carbonyl (C=O) groups is 1. The number of amides is 1. The molecule has 218 valence electrons. The Morgan fingerprint density at radius 1 is 0.821 bits per heavy atom. The molecular weight excluding hydrogens is 481 g/mol. The van der Waals surface area contributed by atoms with Crippen LogP contribution in [0.2, 0.25) is 0 Å². The maximum absolute atomic E-state index is 15.4. The first kappa shape index (κ1) is 30.3. The van der Waals surface area contributed by atoms with E-state index in [9.17, 15) is 4.79 Å². The van der Waals surface area contributed by atoms with Crippen molar-refractivity contribution in [1.82, 2.24) is 5.32 Å². The van der Waals surface area contributed by atoms with E-state index in [1.807, 2.05) is 6.07 Å². The van der Waals surface area contributed by atoms with E-state index in [0.29, 0.717) is 17.4 Å². The molecule has 4 rings (SSSR count). The van der Waals surface area contributed by atoms with E-state index in [1.165, 1.54) is 102 Å². The van der Waals surface area contributed by atoms with Gasteiger partial charge >= 0.3 is 0 Å². The van der Waals surface area contributed by atoms with Gasteiger partial charge in [-0.2, -0.15) is 0 Å². The minimum atomic E-state index is -0.0134. The zero-order valence-corrected chi connectivity index (χ0v) is 25.1. The highest BCUT2D eigenvalue weighted by atomic mass is 19.1. The van der Waals surface area contributed by atoms with Gasteiger partial charge in [-0.1, -0.05) is 64.2 Å². The lowest BCUT2D eigenvalue weighted by Gasteiger charge is -2.38.